The second-order valence-electron chi connectivity index (χ2n) is 4.31. The molecule has 0 radical (unpaired) electrons. The summed E-state index contributed by atoms with van der Waals surface area (Å²) in [6.45, 7) is 0. The lowest BCUT2D eigenvalue weighted by Gasteiger charge is -2.14. The zero-order chi connectivity index (χ0) is 15.4. The van der Waals surface area contributed by atoms with Crippen LogP contribution in [0.15, 0.2) is 36.4 Å². The first-order chi connectivity index (χ1) is 10.1. The maximum Gasteiger partial charge on any atom is 0.168 e. The largest absolute Gasteiger partial charge is 0.298 e. The normalized spacial score (nSPS) is 10.8. The summed E-state index contributed by atoms with van der Waals surface area (Å²) >= 11 is 12.3. The van der Waals surface area contributed by atoms with Crippen LogP contribution < -0.4 is 0 Å². The Labute approximate surface area is 133 Å². The first-order valence-electron chi connectivity index (χ1n) is 5.92. The van der Waals surface area contributed by atoms with Gasteiger partial charge in [0.1, 0.15) is 12.6 Å². The molecule has 0 N–H and O–H groups in total. The van der Waals surface area contributed by atoms with E-state index in [-0.39, 0.29) is 8.46 Å². The standard InChI is InChI=1S/C15H9Cl2O3P/c16-13-5-9(7-18)1-3-11(13)15(21-20)12-4-2-10(8-19)6-14(12)17/h1-8,15H. The smallest absolute Gasteiger partial charge is 0.168 e. The molecule has 0 spiro atoms. The maximum atomic E-state index is 11.6. The van der Waals surface area contributed by atoms with E-state index >= 15 is 0 Å². The van der Waals surface area contributed by atoms with Gasteiger partial charge in [0.15, 0.2) is 8.46 Å². The fourth-order valence-corrected chi connectivity index (χ4v) is 3.38. The van der Waals surface area contributed by atoms with E-state index in [9.17, 15) is 14.2 Å². The number of hydrogen-bond donors (Lipinski definition) is 0. The van der Waals surface area contributed by atoms with Crippen LogP contribution in [0.25, 0.3) is 0 Å². The first kappa shape index (κ1) is 15.8. The van der Waals surface area contributed by atoms with Crippen molar-refractivity contribution in [3.8, 4) is 0 Å². The van der Waals surface area contributed by atoms with Crippen LogP contribution in [0.2, 0.25) is 10.0 Å². The monoisotopic (exact) mass is 338 g/mol. The highest BCUT2D eigenvalue weighted by Gasteiger charge is 2.20. The van der Waals surface area contributed by atoms with Gasteiger partial charge >= 0.3 is 0 Å². The highest BCUT2D eigenvalue weighted by Crippen LogP contribution is 2.41. The van der Waals surface area contributed by atoms with Crippen LogP contribution >= 0.6 is 31.7 Å². The van der Waals surface area contributed by atoms with Gasteiger partial charge in [-0.05, 0) is 23.3 Å². The average Bonchev–Trinajstić information content (AvgIpc) is 2.50. The minimum Gasteiger partial charge on any atom is -0.298 e. The minimum absolute atomic E-state index is 0.184. The van der Waals surface area contributed by atoms with Crippen molar-refractivity contribution in [1.29, 1.82) is 0 Å². The molecule has 0 saturated carbocycles. The molecule has 0 aromatic heterocycles. The molecular weight excluding hydrogens is 330 g/mol. The third-order valence-corrected chi connectivity index (χ3v) is 4.44. The molecule has 0 aliphatic rings. The molecule has 6 heteroatoms. The molecular formula is C15H9Cl2O3P. The lowest BCUT2D eigenvalue weighted by molar-refractivity contribution is 0.111. The zero-order valence-electron chi connectivity index (χ0n) is 10.6. The van der Waals surface area contributed by atoms with Crippen LogP contribution in [0.4, 0.5) is 0 Å². The van der Waals surface area contributed by atoms with E-state index in [4.69, 9.17) is 23.2 Å². The number of rotatable bonds is 5. The van der Waals surface area contributed by atoms with Crippen molar-refractivity contribution >= 4 is 44.2 Å². The van der Waals surface area contributed by atoms with Crippen molar-refractivity contribution in [3.63, 3.8) is 0 Å². The lowest BCUT2D eigenvalue weighted by atomic mass is 10.0. The third kappa shape index (κ3) is 3.38. The summed E-state index contributed by atoms with van der Waals surface area (Å²) < 4.78 is 11.6. The number of benzene rings is 2. The highest BCUT2D eigenvalue weighted by atomic mass is 35.5. The molecule has 2 aromatic rings. The molecule has 2 rings (SSSR count). The number of carbonyl (C=O) groups excluding carboxylic acids is 2. The van der Waals surface area contributed by atoms with E-state index in [0.717, 1.165) is 0 Å². The Morgan fingerprint density at radius 2 is 1.29 bits per heavy atom. The van der Waals surface area contributed by atoms with Gasteiger partial charge in [0.05, 0.1) is 5.66 Å². The van der Waals surface area contributed by atoms with Crippen molar-refractivity contribution in [1.82, 2.24) is 0 Å². The van der Waals surface area contributed by atoms with Gasteiger partial charge < -0.3 is 0 Å². The van der Waals surface area contributed by atoms with Gasteiger partial charge in [0.25, 0.3) is 0 Å². The molecule has 0 fully saturated rings. The topological polar surface area (TPSA) is 51.2 Å². The van der Waals surface area contributed by atoms with Crippen LogP contribution in [-0.2, 0) is 4.57 Å². The molecule has 0 aliphatic carbocycles. The second kappa shape index (κ2) is 6.95. The van der Waals surface area contributed by atoms with E-state index in [0.29, 0.717) is 44.9 Å². The molecule has 0 unspecified atom stereocenters. The maximum absolute atomic E-state index is 11.6. The Kier molecular flexibility index (Phi) is 5.24. The summed E-state index contributed by atoms with van der Waals surface area (Å²) in [6, 6.07) is 9.50. The van der Waals surface area contributed by atoms with Crippen LogP contribution in [0.3, 0.4) is 0 Å². The van der Waals surface area contributed by atoms with E-state index in [1.54, 1.807) is 24.3 Å². The van der Waals surface area contributed by atoms with Crippen molar-refractivity contribution < 1.29 is 14.2 Å². The molecule has 0 saturated heterocycles. The Morgan fingerprint density at radius 1 is 0.857 bits per heavy atom. The van der Waals surface area contributed by atoms with E-state index in [2.05, 4.69) is 0 Å². The average molecular weight is 339 g/mol. The summed E-state index contributed by atoms with van der Waals surface area (Å²) in [5.74, 6) is 0. The molecule has 0 atom stereocenters. The molecule has 21 heavy (non-hydrogen) atoms. The fraction of sp³-hybridized carbons (Fsp3) is 0.0667. The summed E-state index contributed by atoms with van der Waals surface area (Å²) in [7, 11) is -0.184. The number of carbonyl (C=O) groups is 2. The predicted octanol–water partition coefficient (Wildman–Crippen LogP) is 5.00. The van der Waals surface area contributed by atoms with E-state index in [1.165, 1.54) is 12.1 Å². The van der Waals surface area contributed by atoms with E-state index in [1.807, 2.05) is 0 Å². The first-order valence-corrected chi connectivity index (χ1v) is 7.56. The molecule has 2 aromatic carbocycles. The SMILES string of the molecule is O=Cc1ccc(C(P=O)c2ccc(C=O)cc2Cl)c(Cl)c1. The Balaban J connectivity index is 2.51. The zero-order valence-corrected chi connectivity index (χ0v) is 13.0. The molecule has 0 heterocycles. The van der Waals surface area contributed by atoms with Gasteiger partial charge in [-0.3, -0.25) is 14.2 Å². The Bertz CT molecular complexity index is 659. The van der Waals surface area contributed by atoms with Gasteiger partial charge in [-0.15, -0.1) is 0 Å². The summed E-state index contributed by atoms with van der Waals surface area (Å²) in [5, 5.41) is 0.673. The van der Waals surface area contributed by atoms with Crippen LogP contribution in [-0.4, -0.2) is 12.6 Å². The molecule has 3 nitrogen and oxygen atoms in total. The quantitative estimate of drug-likeness (QED) is 0.569. The van der Waals surface area contributed by atoms with Crippen molar-refractivity contribution in [3.05, 3.63) is 68.7 Å². The van der Waals surface area contributed by atoms with Gasteiger partial charge in [-0.1, -0.05) is 47.5 Å². The van der Waals surface area contributed by atoms with Gasteiger partial charge in [0, 0.05) is 21.2 Å². The minimum atomic E-state index is -0.564. The van der Waals surface area contributed by atoms with Crippen LogP contribution in [0, 0.1) is 0 Å². The molecule has 0 amide bonds. The molecule has 0 aliphatic heterocycles. The Morgan fingerprint density at radius 3 is 1.57 bits per heavy atom. The van der Waals surface area contributed by atoms with Gasteiger partial charge in [-0.2, -0.15) is 0 Å². The number of aldehydes is 2. The van der Waals surface area contributed by atoms with Crippen LogP contribution in [0.1, 0.15) is 37.5 Å². The van der Waals surface area contributed by atoms with Crippen molar-refractivity contribution in [2.24, 2.45) is 0 Å². The lowest BCUT2D eigenvalue weighted by Crippen LogP contribution is -1.97. The molecule has 106 valence electrons. The Hall–Kier alpha value is -1.54. The highest BCUT2D eigenvalue weighted by molar-refractivity contribution is 7.24. The third-order valence-electron chi connectivity index (χ3n) is 3.02. The summed E-state index contributed by atoms with van der Waals surface area (Å²) in [6.07, 6.45) is 1.37. The number of hydrogen-bond acceptors (Lipinski definition) is 3. The second-order valence-corrected chi connectivity index (χ2v) is 5.85. The predicted molar refractivity (Wildman–Crippen MR) is 83.1 cm³/mol. The fourth-order valence-electron chi connectivity index (χ4n) is 1.96. The van der Waals surface area contributed by atoms with Crippen LogP contribution in [0.5, 0.6) is 0 Å². The summed E-state index contributed by atoms with van der Waals surface area (Å²) in [4.78, 5) is 21.5. The van der Waals surface area contributed by atoms with E-state index < -0.39 is 5.66 Å². The van der Waals surface area contributed by atoms with Crippen molar-refractivity contribution in [2.45, 2.75) is 5.66 Å². The van der Waals surface area contributed by atoms with Crippen molar-refractivity contribution in [2.75, 3.05) is 0 Å². The molecule has 0 bridgehead atoms. The number of halogens is 2. The van der Waals surface area contributed by atoms with Gasteiger partial charge in [-0.25, -0.2) is 0 Å². The summed E-state index contributed by atoms with van der Waals surface area (Å²) in [5.41, 5.74) is 1.51. The van der Waals surface area contributed by atoms with Gasteiger partial charge in [0.2, 0.25) is 0 Å².